The number of thiazole rings is 1. The fourth-order valence-electron chi connectivity index (χ4n) is 2.52. The number of urea groups is 1. The van der Waals surface area contributed by atoms with E-state index < -0.39 is 0 Å². The van der Waals surface area contributed by atoms with Crippen LogP contribution in [0.15, 0.2) is 54.6 Å². The van der Waals surface area contributed by atoms with Gasteiger partial charge in [0.25, 0.3) is 0 Å². The summed E-state index contributed by atoms with van der Waals surface area (Å²) in [5.74, 6) is 0. The number of aliphatic hydroxyl groups is 1. The van der Waals surface area contributed by atoms with Crippen LogP contribution in [0, 0.1) is 0 Å². The molecule has 1 unspecified atom stereocenters. The first-order valence-corrected chi connectivity index (χ1v) is 8.67. The van der Waals surface area contributed by atoms with Crippen LogP contribution in [0.1, 0.15) is 24.4 Å². The normalized spacial score (nSPS) is 12.0. The van der Waals surface area contributed by atoms with Crippen molar-refractivity contribution in [2.45, 2.75) is 18.9 Å². The van der Waals surface area contributed by atoms with Crippen LogP contribution in [0.2, 0.25) is 0 Å². The molecule has 0 aliphatic carbocycles. The van der Waals surface area contributed by atoms with Gasteiger partial charge in [-0.3, -0.25) is 5.32 Å². The average Bonchev–Trinajstić information content (AvgIpc) is 3.01. The number of rotatable bonds is 6. The minimum atomic E-state index is -0.291. The van der Waals surface area contributed by atoms with Gasteiger partial charge in [-0.25, -0.2) is 9.78 Å². The summed E-state index contributed by atoms with van der Waals surface area (Å²) < 4.78 is 1.03. The highest BCUT2D eigenvalue weighted by Crippen LogP contribution is 2.25. The highest BCUT2D eigenvalue weighted by atomic mass is 32.1. The number of hydrogen-bond donors (Lipinski definition) is 3. The molecular weight excluding hydrogens is 322 g/mol. The summed E-state index contributed by atoms with van der Waals surface area (Å²) in [5, 5.41) is 15.4. The van der Waals surface area contributed by atoms with Crippen molar-refractivity contribution < 1.29 is 9.90 Å². The van der Waals surface area contributed by atoms with Crippen molar-refractivity contribution in [1.82, 2.24) is 10.3 Å². The first-order valence-electron chi connectivity index (χ1n) is 7.85. The number of carbonyl (C=O) groups excluding carboxylic acids is 1. The van der Waals surface area contributed by atoms with Crippen molar-refractivity contribution in [3.63, 3.8) is 0 Å². The second-order valence-electron chi connectivity index (χ2n) is 5.41. The van der Waals surface area contributed by atoms with Crippen molar-refractivity contribution in [3.8, 4) is 0 Å². The molecule has 3 rings (SSSR count). The van der Waals surface area contributed by atoms with Gasteiger partial charge in [-0.05, 0) is 30.5 Å². The molecule has 0 radical (unpaired) electrons. The molecule has 2 aromatic carbocycles. The summed E-state index contributed by atoms with van der Waals surface area (Å²) >= 11 is 1.44. The van der Waals surface area contributed by atoms with Gasteiger partial charge >= 0.3 is 6.03 Å². The van der Waals surface area contributed by atoms with E-state index in [2.05, 4.69) is 15.6 Å². The van der Waals surface area contributed by atoms with E-state index >= 15 is 0 Å². The molecule has 1 atom stereocenters. The average molecular weight is 341 g/mol. The molecule has 6 heteroatoms. The maximum absolute atomic E-state index is 12.3. The van der Waals surface area contributed by atoms with Crippen molar-refractivity contribution in [3.05, 3.63) is 60.2 Å². The van der Waals surface area contributed by atoms with E-state index in [1.807, 2.05) is 54.6 Å². The minimum absolute atomic E-state index is 0.102. The molecule has 0 saturated heterocycles. The molecule has 2 amide bonds. The molecule has 24 heavy (non-hydrogen) atoms. The third-order valence-electron chi connectivity index (χ3n) is 3.67. The van der Waals surface area contributed by atoms with E-state index in [0.29, 0.717) is 18.0 Å². The lowest BCUT2D eigenvalue weighted by Gasteiger charge is -2.18. The second kappa shape index (κ2) is 7.90. The van der Waals surface area contributed by atoms with E-state index in [1.165, 1.54) is 11.3 Å². The van der Waals surface area contributed by atoms with Gasteiger partial charge in [-0.2, -0.15) is 0 Å². The summed E-state index contributed by atoms with van der Waals surface area (Å²) in [7, 11) is 0. The number of aromatic nitrogens is 1. The monoisotopic (exact) mass is 341 g/mol. The number of carbonyl (C=O) groups is 1. The van der Waals surface area contributed by atoms with Crippen LogP contribution in [0.4, 0.5) is 9.93 Å². The van der Waals surface area contributed by atoms with Gasteiger partial charge in [-0.15, -0.1) is 0 Å². The Bertz CT molecular complexity index is 771. The molecule has 1 aromatic heterocycles. The Balaban J connectivity index is 1.68. The first kappa shape index (κ1) is 16.4. The zero-order valence-electron chi connectivity index (χ0n) is 13.1. The first-order chi connectivity index (χ1) is 11.8. The Labute approximate surface area is 144 Å². The van der Waals surface area contributed by atoms with E-state index in [1.54, 1.807) is 0 Å². The van der Waals surface area contributed by atoms with Gasteiger partial charge in [0.1, 0.15) is 0 Å². The van der Waals surface area contributed by atoms with Gasteiger partial charge in [0.2, 0.25) is 0 Å². The van der Waals surface area contributed by atoms with Crippen LogP contribution in [0.3, 0.4) is 0 Å². The van der Waals surface area contributed by atoms with Crippen LogP contribution < -0.4 is 10.6 Å². The summed E-state index contributed by atoms with van der Waals surface area (Å²) in [4.78, 5) is 16.7. The van der Waals surface area contributed by atoms with Gasteiger partial charge < -0.3 is 10.4 Å². The Morgan fingerprint density at radius 2 is 1.88 bits per heavy atom. The third kappa shape index (κ3) is 4.10. The summed E-state index contributed by atoms with van der Waals surface area (Å²) in [6.45, 7) is 0.102. The summed E-state index contributed by atoms with van der Waals surface area (Å²) in [6.07, 6.45) is 1.30. The highest BCUT2D eigenvalue weighted by molar-refractivity contribution is 7.22. The quantitative estimate of drug-likeness (QED) is 0.636. The number of benzene rings is 2. The van der Waals surface area contributed by atoms with Gasteiger partial charge in [0.05, 0.1) is 16.3 Å². The molecule has 1 heterocycles. The zero-order valence-corrected chi connectivity index (χ0v) is 13.9. The van der Waals surface area contributed by atoms with Crippen molar-refractivity contribution in [2.75, 3.05) is 11.9 Å². The number of hydrogen-bond acceptors (Lipinski definition) is 4. The number of nitrogens with zero attached hydrogens (tertiary/aromatic N) is 1. The van der Waals surface area contributed by atoms with Gasteiger partial charge in [0, 0.05) is 6.61 Å². The molecule has 0 spiro atoms. The topological polar surface area (TPSA) is 74.2 Å². The number of nitrogens with one attached hydrogen (secondary N) is 2. The molecule has 0 aliphatic heterocycles. The maximum atomic E-state index is 12.3. The van der Waals surface area contributed by atoms with Crippen LogP contribution >= 0.6 is 11.3 Å². The molecule has 5 nitrogen and oxygen atoms in total. The van der Waals surface area contributed by atoms with Gasteiger partial charge in [0.15, 0.2) is 5.13 Å². The van der Waals surface area contributed by atoms with E-state index in [9.17, 15) is 4.79 Å². The minimum Gasteiger partial charge on any atom is -0.396 e. The summed E-state index contributed by atoms with van der Waals surface area (Å²) in [5.41, 5.74) is 1.89. The van der Waals surface area contributed by atoms with E-state index in [4.69, 9.17) is 5.11 Å². The predicted molar refractivity (Wildman–Crippen MR) is 97.3 cm³/mol. The van der Waals surface area contributed by atoms with Gasteiger partial charge in [-0.1, -0.05) is 53.8 Å². The van der Waals surface area contributed by atoms with Crippen molar-refractivity contribution in [2.24, 2.45) is 0 Å². The molecular formula is C18H19N3O2S. The number of para-hydroxylation sites is 1. The molecule has 0 aliphatic rings. The van der Waals surface area contributed by atoms with E-state index in [0.717, 1.165) is 15.8 Å². The fraction of sp³-hybridized carbons (Fsp3) is 0.222. The second-order valence-corrected chi connectivity index (χ2v) is 6.44. The largest absolute Gasteiger partial charge is 0.396 e. The lowest BCUT2D eigenvalue weighted by atomic mass is 10.0. The fourth-order valence-corrected chi connectivity index (χ4v) is 3.38. The smallest absolute Gasteiger partial charge is 0.321 e. The van der Waals surface area contributed by atoms with Crippen molar-refractivity contribution >= 4 is 32.7 Å². The molecule has 3 N–H and O–H groups in total. The standard InChI is InChI=1S/C18H19N3O2S/c22-12-6-10-14(13-7-2-1-3-8-13)19-17(23)21-18-20-15-9-4-5-11-16(15)24-18/h1-5,7-9,11,14,22H,6,10,12H2,(H2,19,20,21,23). The molecule has 3 aromatic rings. The Hall–Kier alpha value is -2.44. The maximum Gasteiger partial charge on any atom is 0.321 e. The lowest BCUT2D eigenvalue weighted by Crippen LogP contribution is -2.32. The number of amides is 2. The Morgan fingerprint density at radius 3 is 2.62 bits per heavy atom. The number of aliphatic hydroxyl groups excluding tert-OH is 1. The number of fused-ring (bicyclic) bond motifs is 1. The SMILES string of the molecule is O=C(Nc1nc2ccccc2s1)NC(CCCO)c1ccccc1. The number of anilines is 1. The van der Waals surface area contributed by atoms with Crippen LogP contribution in [0.25, 0.3) is 10.2 Å². The Morgan fingerprint density at radius 1 is 1.12 bits per heavy atom. The molecule has 0 saturated carbocycles. The molecule has 0 fully saturated rings. The lowest BCUT2D eigenvalue weighted by molar-refractivity contribution is 0.244. The van der Waals surface area contributed by atoms with Crippen LogP contribution in [-0.2, 0) is 0 Å². The van der Waals surface area contributed by atoms with Crippen LogP contribution in [-0.4, -0.2) is 22.7 Å². The van der Waals surface area contributed by atoms with Crippen LogP contribution in [0.5, 0.6) is 0 Å². The predicted octanol–water partition coefficient (Wildman–Crippen LogP) is 3.93. The Kier molecular flexibility index (Phi) is 5.40. The van der Waals surface area contributed by atoms with Crippen molar-refractivity contribution in [1.29, 1.82) is 0 Å². The molecule has 0 bridgehead atoms. The third-order valence-corrected chi connectivity index (χ3v) is 4.62. The highest BCUT2D eigenvalue weighted by Gasteiger charge is 2.15. The molecule has 124 valence electrons. The van der Waals surface area contributed by atoms with E-state index in [-0.39, 0.29) is 18.7 Å². The zero-order chi connectivity index (χ0) is 16.8. The summed E-state index contributed by atoms with van der Waals surface area (Å²) in [6, 6.07) is 17.1.